The van der Waals surface area contributed by atoms with Gasteiger partial charge in [0.25, 0.3) is 5.91 Å². The van der Waals surface area contributed by atoms with E-state index in [2.05, 4.69) is 61.6 Å². The average Bonchev–Trinajstić information content (AvgIpc) is 3.05. The number of quaternary nitrogens is 1. The summed E-state index contributed by atoms with van der Waals surface area (Å²) in [6, 6.07) is 12.2. The van der Waals surface area contributed by atoms with Gasteiger partial charge in [-0.25, -0.2) is 0 Å². The number of nitrogens with zero attached hydrogens (tertiary/aromatic N) is 1. The van der Waals surface area contributed by atoms with Crippen LogP contribution in [-0.2, 0) is 10.2 Å². The number of anilines is 1. The number of nitrogens with one attached hydrogen (secondary N) is 2. The first-order valence-electron chi connectivity index (χ1n) is 8.77. The zero-order chi connectivity index (χ0) is 17.9. The second kappa shape index (κ2) is 7.23. The molecule has 2 heterocycles. The molecule has 3 rings (SSSR count). The predicted molar refractivity (Wildman–Crippen MR) is 98.4 cm³/mol. The second-order valence-electron chi connectivity index (χ2n) is 7.60. The van der Waals surface area contributed by atoms with Gasteiger partial charge in [0.1, 0.15) is 0 Å². The van der Waals surface area contributed by atoms with Gasteiger partial charge in [0.15, 0.2) is 6.54 Å². The zero-order valence-corrected chi connectivity index (χ0v) is 15.1. The first-order valence-corrected chi connectivity index (χ1v) is 8.77. The first kappa shape index (κ1) is 17.4. The van der Waals surface area contributed by atoms with Gasteiger partial charge in [0.2, 0.25) is 5.88 Å². The molecule has 0 aliphatic carbocycles. The van der Waals surface area contributed by atoms with Gasteiger partial charge < -0.3 is 9.42 Å². The SMILES string of the molecule is CC(C)(C)c1cc(NC(=O)C[NH+]2CC=C(c3ccccc3)CC2)on1. The van der Waals surface area contributed by atoms with Crippen LogP contribution in [0.25, 0.3) is 5.57 Å². The molecule has 5 nitrogen and oxygen atoms in total. The maximum absolute atomic E-state index is 12.3. The molecule has 1 amide bonds. The van der Waals surface area contributed by atoms with E-state index in [4.69, 9.17) is 4.52 Å². The topological polar surface area (TPSA) is 59.6 Å². The summed E-state index contributed by atoms with van der Waals surface area (Å²) in [5, 5.41) is 6.84. The minimum atomic E-state index is -0.0940. The number of benzene rings is 1. The molecule has 1 aromatic carbocycles. The highest BCUT2D eigenvalue weighted by Crippen LogP contribution is 2.23. The lowest BCUT2D eigenvalue weighted by Crippen LogP contribution is -3.13. The molecule has 1 atom stereocenters. The smallest absolute Gasteiger partial charge is 0.281 e. The van der Waals surface area contributed by atoms with E-state index in [1.165, 1.54) is 16.0 Å². The summed E-state index contributed by atoms with van der Waals surface area (Å²) in [5.74, 6) is 0.384. The average molecular weight is 340 g/mol. The van der Waals surface area contributed by atoms with Crippen LogP contribution in [0.15, 0.2) is 47.0 Å². The zero-order valence-electron chi connectivity index (χ0n) is 15.1. The second-order valence-corrected chi connectivity index (χ2v) is 7.60. The molecule has 0 saturated heterocycles. The minimum Gasteiger partial charge on any atom is -0.338 e. The van der Waals surface area contributed by atoms with E-state index in [1.807, 2.05) is 6.07 Å². The van der Waals surface area contributed by atoms with E-state index in [0.717, 1.165) is 25.2 Å². The van der Waals surface area contributed by atoms with Crippen LogP contribution in [0.2, 0.25) is 0 Å². The maximum Gasteiger partial charge on any atom is 0.281 e. The largest absolute Gasteiger partial charge is 0.338 e. The Balaban J connectivity index is 1.53. The van der Waals surface area contributed by atoms with Gasteiger partial charge in [0, 0.05) is 17.9 Å². The third-order valence-corrected chi connectivity index (χ3v) is 4.48. The van der Waals surface area contributed by atoms with Crippen molar-refractivity contribution >= 4 is 17.4 Å². The van der Waals surface area contributed by atoms with Gasteiger partial charge in [-0.2, -0.15) is 0 Å². The lowest BCUT2D eigenvalue weighted by Gasteiger charge is -2.23. The molecule has 132 valence electrons. The number of carbonyl (C=O) groups is 1. The van der Waals surface area contributed by atoms with Crippen LogP contribution in [0.5, 0.6) is 0 Å². The number of amides is 1. The van der Waals surface area contributed by atoms with Crippen LogP contribution in [0, 0.1) is 0 Å². The Morgan fingerprint density at radius 1 is 1.28 bits per heavy atom. The number of aromatic nitrogens is 1. The van der Waals surface area contributed by atoms with Crippen LogP contribution in [0.4, 0.5) is 5.88 Å². The molecule has 0 fully saturated rings. The highest BCUT2D eigenvalue weighted by molar-refractivity contribution is 5.90. The molecule has 25 heavy (non-hydrogen) atoms. The summed E-state index contributed by atoms with van der Waals surface area (Å²) in [4.78, 5) is 13.5. The summed E-state index contributed by atoms with van der Waals surface area (Å²) in [7, 11) is 0. The monoisotopic (exact) mass is 340 g/mol. The van der Waals surface area contributed by atoms with Crippen molar-refractivity contribution < 1.29 is 14.2 Å². The number of rotatable bonds is 4. The molecule has 5 heteroatoms. The predicted octanol–water partition coefficient (Wildman–Crippen LogP) is 2.28. The molecule has 0 bridgehead atoms. The molecule has 1 aliphatic heterocycles. The van der Waals surface area contributed by atoms with Crippen molar-refractivity contribution in [1.82, 2.24) is 5.16 Å². The molecule has 1 aliphatic rings. The Kier molecular flexibility index (Phi) is 5.04. The fourth-order valence-corrected chi connectivity index (χ4v) is 2.95. The van der Waals surface area contributed by atoms with E-state index in [0.29, 0.717) is 12.4 Å². The van der Waals surface area contributed by atoms with Crippen molar-refractivity contribution in [1.29, 1.82) is 0 Å². The third-order valence-electron chi connectivity index (χ3n) is 4.48. The standard InChI is InChI=1S/C20H25N3O2/c1-20(2,3)17-13-19(25-22-17)21-18(24)14-23-11-9-16(10-12-23)15-7-5-4-6-8-15/h4-9,13H,10-12,14H2,1-3H3,(H,21,24)/p+1. The molecule has 1 unspecified atom stereocenters. The van der Waals surface area contributed by atoms with Gasteiger partial charge in [-0.15, -0.1) is 0 Å². The van der Waals surface area contributed by atoms with Crippen molar-refractivity contribution in [3.8, 4) is 0 Å². The number of hydrogen-bond acceptors (Lipinski definition) is 3. The molecule has 0 radical (unpaired) electrons. The van der Waals surface area contributed by atoms with Crippen LogP contribution in [0.1, 0.15) is 38.4 Å². The third kappa shape index (κ3) is 4.57. The Morgan fingerprint density at radius 3 is 2.64 bits per heavy atom. The molecular formula is C20H26N3O2+. The van der Waals surface area contributed by atoms with Gasteiger partial charge in [0.05, 0.1) is 18.8 Å². The molecule has 2 aromatic rings. The van der Waals surface area contributed by atoms with Crippen LogP contribution < -0.4 is 10.2 Å². The van der Waals surface area contributed by atoms with E-state index in [9.17, 15) is 4.79 Å². The summed E-state index contributed by atoms with van der Waals surface area (Å²) >= 11 is 0. The van der Waals surface area contributed by atoms with Crippen molar-refractivity contribution in [2.45, 2.75) is 32.6 Å². The summed E-state index contributed by atoms with van der Waals surface area (Å²) in [5.41, 5.74) is 3.39. The van der Waals surface area contributed by atoms with Crippen LogP contribution in [0.3, 0.4) is 0 Å². The van der Waals surface area contributed by atoms with Crippen molar-refractivity contribution in [3.63, 3.8) is 0 Å². The quantitative estimate of drug-likeness (QED) is 0.898. The number of carbonyl (C=O) groups excluding carboxylic acids is 1. The van der Waals surface area contributed by atoms with Crippen molar-refractivity contribution in [2.24, 2.45) is 0 Å². The summed E-state index contributed by atoms with van der Waals surface area (Å²) in [6.07, 6.45) is 3.23. The van der Waals surface area contributed by atoms with Gasteiger partial charge in [-0.05, 0) is 17.2 Å². The highest BCUT2D eigenvalue weighted by Gasteiger charge is 2.22. The maximum atomic E-state index is 12.3. The van der Waals surface area contributed by atoms with Crippen molar-refractivity contribution in [3.05, 3.63) is 53.7 Å². The first-order chi connectivity index (χ1) is 11.9. The lowest BCUT2D eigenvalue weighted by molar-refractivity contribution is -0.886. The van der Waals surface area contributed by atoms with Gasteiger partial charge in [-0.3, -0.25) is 10.1 Å². The summed E-state index contributed by atoms with van der Waals surface area (Å²) in [6.45, 7) is 8.43. The molecule has 2 N–H and O–H groups in total. The molecule has 0 saturated carbocycles. The minimum absolute atomic E-state index is 0.0387. The van der Waals surface area contributed by atoms with E-state index >= 15 is 0 Å². The molecule has 0 spiro atoms. The van der Waals surface area contributed by atoms with E-state index in [1.54, 1.807) is 6.07 Å². The van der Waals surface area contributed by atoms with Crippen LogP contribution in [-0.4, -0.2) is 30.7 Å². The van der Waals surface area contributed by atoms with Crippen molar-refractivity contribution in [2.75, 3.05) is 25.0 Å². The fourth-order valence-electron chi connectivity index (χ4n) is 2.95. The van der Waals surface area contributed by atoms with E-state index < -0.39 is 0 Å². The Bertz CT molecular complexity index is 757. The highest BCUT2D eigenvalue weighted by atomic mass is 16.5. The fraction of sp³-hybridized carbons (Fsp3) is 0.400. The van der Waals surface area contributed by atoms with Gasteiger partial charge >= 0.3 is 0 Å². The molecular weight excluding hydrogens is 314 g/mol. The number of hydrogen-bond donors (Lipinski definition) is 2. The van der Waals surface area contributed by atoms with E-state index in [-0.39, 0.29) is 11.3 Å². The van der Waals surface area contributed by atoms with Crippen LogP contribution >= 0.6 is 0 Å². The Hall–Kier alpha value is -2.40. The summed E-state index contributed by atoms with van der Waals surface area (Å²) < 4.78 is 5.22. The Labute approximate surface area is 148 Å². The molecule has 1 aromatic heterocycles. The lowest BCUT2D eigenvalue weighted by atomic mass is 9.92. The van der Waals surface area contributed by atoms with Gasteiger partial charge in [-0.1, -0.05) is 56.3 Å². The normalized spacial score (nSPS) is 17.9. The Morgan fingerprint density at radius 2 is 2.04 bits per heavy atom.